The van der Waals surface area contributed by atoms with Gasteiger partial charge >= 0.3 is 6.03 Å². The maximum atomic E-state index is 13.3. The zero-order valence-corrected chi connectivity index (χ0v) is 26.1. The molecule has 6 rings (SSSR count). The van der Waals surface area contributed by atoms with E-state index in [-0.39, 0.29) is 23.4 Å². The van der Waals surface area contributed by atoms with Crippen LogP contribution in [0.4, 0.5) is 22.0 Å². The fourth-order valence-electron chi connectivity index (χ4n) is 6.15. The average Bonchev–Trinajstić information content (AvgIpc) is 3.63. The smallest absolute Gasteiger partial charge is 0.324 e. The summed E-state index contributed by atoms with van der Waals surface area (Å²) in [7, 11) is 0. The van der Waals surface area contributed by atoms with Crippen LogP contribution >= 0.6 is 0 Å². The normalized spacial score (nSPS) is 16.7. The van der Waals surface area contributed by atoms with E-state index in [2.05, 4.69) is 48.9 Å². The van der Waals surface area contributed by atoms with Gasteiger partial charge in [-0.15, -0.1) is 0 Å². The van der Waals surface area contributed by atoms with Crippen molar-refractivity contribution in [2.45, 2.75) is 64.8 Å². The lowest BCUT2D eigenvalue weighted by molar-refractivity contribution is -0.133. The fraction of sp³-hybridized carbons (Fsp3) is 0.361. The molecule has 2 aliphatic rings. The van der Waals surface area contributed by atoms with Gasteiger partial charge in [-0.05, 0) is 67.5 Å². The van der Waals surface area contributed by atoms with Crippen molar-refractivity contribution in [3.63, 3.8) is 0 Å². The molecule has 1 unspecified atom stereocenters. The van der Waals surface area contributed by atoms with E-state index < -0.39 is 0 Å². The summed E-state index contributed by atoms with van der Waals surface area (Å²) in [5.41, 5.74) is 6.96. The summed E-state index contributed by atoms with van der Waals surface area (Å²) >= 11 is 0. The van der Waals surface area contributed by atoms with Crippen LogP contribution in [-0.2, 0) is 23.1 Å². The highest BCUT2D eigenvalue weighted by molar-refractivity contribution is 6.00. The highest BCUT2D eigenvalue weighted by Crippen LogP contribution is 2.30. The number of aryl methyl sites for hydroxylation is 1. The summed E-state index contributed by atoms with van der Waals surface area (Å²) in [5, 5.41) is 14.4. The Hall–Kier alpha value is -4.59. The Labute approximate surface area is 259 Å². The number of carbonyl (C=O) groups is 2. The predicted octanol–water partition coefficient (Wildman–Crippen LogP) is 6.94. The summed E-state index contributed by atoms with van der Waals surface area (Å²) in [5.74, 6) is 1.25. The van der Waals surface area contributed by atoms with Crippen LogP contribution in [0.5, 0.6) is 0 Å². The Morgan fingerprint density at radius 3 is 2.36 bits per heavy atom. The second-order valence-electron chi connectivity index (χ2n) is 13.2. The first kappa shape index (κ1) is 29.5. The quantitative estimate of drug-likeness (QED) is 0.227. The van der Waals surface area contributed by atoms with Crippen LogP contribution in [0.1, 0.15) is 56.0 Å². The molecule has 0 spiro atoms. The molecule has 1 saturated heterocycles. The van der Waals surface area contributed by atoms with E-state index in [9.17, 15) is 9.59 Å². The topological polar surface area (TPSA) is 91.3 Å². The number of hydrogen-bond acceptors (Lipinski definition) is 4. The second-order valence-corrected chi connectivity index (χ2v) is 13.2. The highest BCUT2D eigenvalue weighted by Gasteiger charge is 2.32. The molecule has 3 N–H and O–H groups in total. The number of amides is 3. The van der Waals surface area contributed by atoms with Crippen molar-refractivity contribution in [1.29, 1.82) is 0 Å². The standard InChI is InChI=1S/C36H42N6O2/c1-24-13-15-28(16-14-24)42-33(23-32(40-42)36(2,3)4)39-35(44)38-30-12-8-5-9-26(30)21-25-17-19-41(20-18-25)34(43)31-22-27-10-6-7-11-29(27)37-31/h5-16,23,25,31,37H,17-22H2,1-4H3,(H2,38,39,44). The summed E-state index contributed by atoms with van der Waals surface area (Å²) in [6.07, 6.45) is 3.48. The van der Waals surface area contributed by atoms with Gasteiger partial charge in [-0.2, -0.15) is 5.10 Å². The molecular weight excluding hydrogens is 548 g/mol. The van der Waals surface area contributed by atoms with Crippen molar-refractivity contribution in [3.8, 4) is 5.69 Å². The van der Waals surface area contributed by atoms with Crippen molar-refractivity contribution in [1.82, 2.24) is 14.7 Å². The molecule has 8 heteroatoms. The predicted molar refractivity (Wildman–Crippen MR) is 177 cm³/mol. The SMILES string of the molecule is Cc1ccc(-n2nc(C(C)(C)C)cc2NC(=O)Nc2ccccc2CC2CCN(C(=O)C3Cc4ccccc4N3)CC2)cc1. The zero-order chi connectivity index (χ0) is 30.8. The highest BCUT2D eigenvalue weighted by atomic mass is 16.2. The van der Waals surface area contributed by atoms with Gasteiger partial charge in [0.15, 0.2) is 0 Å². The van der Waals surface area contributed by atoms with Gasteiger partial charge in [0, 0.05) is 42.4 Å². The molecule has 3 amide bonds. The van der Waals surface area contributed by atoms with E-state index in [1.807, 2.05) is 78.6 Å². The maximum Gasteiger partial charge on any atom is 0.324 e. The molecule has 44 heavy (non-hydrogen) atoms. The summed E-state index contributed by atoms with van der Waals surface area (Å²) < 4.78 is 1.79. The minimum Gasteiger partial charge on any atom is -0.373 e. The lowest BCUT2D eigenvalue weighted by Gasteiger charge is -2.34. The van der Waals surface area contributed by atoms with Gasteiger partial charge in [0.25, 0.3) is 0 Å². The van der Waals surface area contributed by atoms with E-state index in [1.54, 1.807) is 4.68 Å². The van der Waals surface area contributed by atoms with Gasteiger partial charge in [-0.1, -0.05) is 74.9 Å². The lowest BCUT2D eigenvalue weighted by atomic mass is 9.89. The number of nitrogens with zero attached hydrogens (tertiary/aromatic N) is 3. The molecule has 228 valence electrons. The third kappa shape index (κ3) is 6.49. The first-order chi connectivity index (χ1) is 21.1. The first-order valence-corrected chi connectivity index (χ1v) is 15.6. The second kappa shape index (κ2) is 12.2. The molecule has 1 aromatic heterocycles. The minimum absolute atomic E-state index is 0.172. The van der Waals surface area contributed by atoms with Crippen molar-refractivity contribution < 1.29 is 9.59 Å². The molecule has 2 aliphatic heterocycles. The molecular formula is C36H42N6O2. The number of likely N-dealkylation sites (tertiary alicyclic amines) is 1. The number of rotatable bonds is 6. The monoisotopic (exact) mass is 590 g/mol. The first-order valence-electron chi connectivity index (χ1n) is 15.6. The van der Waals surface area contributed by atoms with Crippen LogP contribution in [0.2, 0.25) is 0 Å². The van der Waals surface area contributed by atoms with Gasteiger partial charge in [-0.3, -0.25) is 10.1 Å². The van der Waals surface area contributed by atoms with Crippen LogP contribution in [-0.4, -0.2) is 45.8 Å². The van der Waals surface area contributed by atoms with E-state index in [1.165, 1.54) is 5.56 Å². The minimum atomic E-state index is -0.309. The summed E-state index contributed by atoms with van der Waals surface area (Å²) in [6, 6.07) is 25.7. The number of para-hydroxylation sites is 2. The molecule has 4 aromatic rings. The van der Waals surface area contributed by atoms with E-state index in [0.29, 0.717) is 11.7 Å². The molecule has 0 saturated carbocycles. The Kier molecular flexibility index (Phi) is 8.17. The third-order valence-electron chi connectivity index (χ3n) is 8.77. The van der Waals surface area contributed by atoms with Crippen LogP contribution in [0.25, 0.3) is 5.69 Å². The van der Waals surface area contributed by atoms with Crippen molar-refractivity contribution >= 4 is 29.1 Å². The van der Waals surface area contributed by atoms with E-state index in [4.69, 9.17) is 5.10 Å². The molecule has 1 atom stereocenters. The summed E-state index contributed by atoms with van der Waals surface area (Å²) in [4.78, 5) is 28.6. The van der Waals surface area contributed by atoms with Crippen LogP contribution < -0.4 is 16.0 Å². The van der Waals surface area contributed by atoms with Crippen LogP contribution in [0.3, 0.4) is 0 Å². The number of fused-ring (bicyclic) bond motifs is 1. The van der Waals surface area contributed by atoms with Gasteiger partial charge < -0.3 is 15.5 Å². The number of benzene rings is 3. The summed E-state index contributed by atoms with van der Waals surface area (Å²) in [6.45, 7) is 9.90. The van der Waals surface area contributed by atoms with Crippen molar-refractivity contribution in [3.05, 3.63) is 101 Å². The average molecular weight is 591 g/mol. The Morgan fingerprint density at radius 1 is 0.932 bits per heavy atom. The molecule has 0 aliphatic carbocycles. The Morgan fingerprint density at radius 2 is 1.64 bits per heavy atom. The number of nitrogens with one attached hydrogen (secondary N) is 3. The molecule has 0 radical (unpaired) electrons. The number of carbonyl (C=O) groups excluding carboxylic acids is 2. The number of piperidine rings is 1. The number of hydrogen-bond donors (Lipinski definition) is 3. The van der Waals surface area contributed by atoms with Crippen molar-refractivity contribution in [2.24, 2.45) is 5.92 Å². The maximum absolute atomic E-state index is 13.3. The van der Waals surface area contributed by atoms with Gasteiger partial charge in [0.1, 0.15) is 11.9 Å². The van der Waals surface area contributed by atoms with Gasteiger partial charge in [0.05, 0.1) is 11.4 Å². The van der Waals surface area contributed by atoms with Gasteiger partial charge in [-0.25, -0.2) is 9.48 Å². The fourth-order valence-corrected chi connectivity index (χ4v) is 6.15. The largest absolute Gasteiger partial charge is 0.373 e. The number of urea groups is 1. The molecule has 3 aromatic carbocycles. The molecule has 8 nitrogen and oxygen atoms in total. The number of anilines is 3. The lowest BCUT2D eigenvalue weighted by Crippen LogP contribution is -2.46. The van der Waals surface area contributed by atoms with Crippen LogP contribution in [0, 0.1) is 12.8 Å². The molecule has 0 bridgehead atoms. The molecule has 3 heterocycles. The van der Waals surface area contributed by atoms with Gasteiger partial charge in [0.2, 0.25) is 5.91 Å². The third-order valence-corrected chi connectivity index (χ3v) is 8.77. The number of aromatic nitrogens is 2. The molecule has 1 fully saturated rings. The van der Waals surface area contributed by atoms with E-state index in [0.717, 1.165) is 72.7 Å². The zero-order valence-electron chi connectivity index (χ0n) is 26.1. The van der Waals surface area contributed by atoms with Crippen LogP contribution in [0.15, 0.2) is 78.9 Å². The Bertz CT molecular complexity index is 1620. The van der Waals surface area contributed by atoms with Crippen molar-refractivity contribution in [2.75, 3.05) is 29.0 Å². The van der Waals surface area contributed by atoms with E-state index >= 15 is 0 Å². The Balaban J connectivity index is 1.08.